The molecule has 552 valence electrons. The minimum atomic E-state index is 1.09. The maximum atomic E-state index is 3.68. The molecule has 0 unspecified atom stereocenters. The molecule has 0 saturated heterocycles. The van der Waals surface area contributed by atoms with E-state index in [-0.39, 0.29) is 0 Å². The van der Waals surface area contributed by atoms with Crippen LogP contribution in [0, 0.1) is 0 Å². The molecule has 0 fully saturated rings. The normalized spacial score (nSPS) is 11.3. The van der Waals surface area contributed by atoms with Crippen molar-refractivity contribution in [3.8, 4) is 78.1 Å². The first-order valence-corrected chi connectivity index (χ1v) is 40.7. The van der Waals surface area contributed by atoms with E-state index in [0.29, 0.717) is 0 Å². The third-order valence-corrected chi connectivity index (χ3v) is 23.2. The molecule has 0 aliphatic carbocycles. The molecule has 0 saturated carbocycles. The Kier molecular flexibility index (Phi) is 19.2. The van der Waals surface area contributed by atoms with Crippen LogP contribution in [0.4, 0.5) is 28.4 Å². The van der Waals surface area contributed by atoms with Gasteiger partial charge in [-0.3, -0.25) is 0 Å². The van der Waals surface area contributed by atoms with Crippen molar-refractivity contribution in [1.82, 2.24) is 9.13 Å². The predicted octanol–water partition coefficient (Wildman–Crippen LogP) is 31.8. The highest BCUT2D eigenvalue weighted by Gasteiger charge is 2.23. The molecular formula is C112H77BrN4. The highest BCUT2D eigenvalue weighted by Crippen LogP contribution is 2.49. The fraction of sp³-hybridized carbons (Fsp3) is 0. The van der Waals surface area contributed by atoms with Gasteiger partial charge >= 0.3 is 0 Å². The monoisotopic (exact) mass is 1560 g/mol. The summed E-state index contributed by atoms with van der Waals surface area (Å²) in [6.07, 6.45) is 0. The number of hydrogen-bond acceptors (Lipinski definition) is 2. The van der Waals surface area contributed by atoms with Crippen LogP contribution in [0.3, 0.4) is 0 Å². The van der Waals surface area contributed by atoms with Crippen LogP contribution in [0.25, 0.3) is 165 Å². The lowest BCUT2D eigenvalue weighted by Gasteiger charge is -2.27. The van der Waals surface area contributed by atoms with Gasteiger partial charge < -0.3 is 19.4 Å². The molecule has 2 aromatic heterocycles. The number of para-hydroxylation sites is 6. The number of fused-ring (bicyclic) bond motifs is 10. The largest absolute Gasteiger partial charge is 0.356 e. The molecule has 0 bridgehead atoms. The van der Waals surface area contributed by atoms with Crippen molar-refractivity contribution in [3.63, 3.8) is 0 Å². The molecule has 20 aromatic carbocycles. The van der Waals surface area contributed by atoms with Gasteiger partial charge in [0.1, 0.15) is 0 Å². The molecule has 4 nitrogen and oxygen atoms in total. The van der Waals surface area contributed by atoms with E-state index < -0.39 is 0 Å². The highest BCUT2D eigenvalue weighted by atomic mass is 79.9. The third kappa shape index (κ3) is 13.7. The Morgan fingerprint density at radius 2 is 0.436 bits per heavy atom. The SMILES string of the molecule is Brc1ccc2c(-c3ccccc3)c3ccccc3c(-c3ccccc3)c2c1.c1ccc(-c2c3ccccc3c(-c3ccccc3)c3cc(N(c4ccccc4)c4ccc(-c5ccc(-n6c7ccccc7c7ccccc76)cc5)cc4)ccc23)cc1.c1ccc(Nc2ccc(-c3ccc(-n4c5ccccc5c5ccccc54)cc3)cc2)cc1. The smallest absolute Gasteiger partial charge is 0.0541 e. The van der Waals surface area contributed by atoms with Crippen LogP contribution in [-0.4, -0.2) is 9.13 Å². The van der Waals surface area contributed by atoms with Crippen LogP contribution in [0.5, 0.6) is 0 Å². The highest BCUT2D eigenvalue weighted by molar-refractivity contribution is 9.10. The molecule has 117 heavy (non-hydrogen) atoms. The van der Waals surface area contributed by atoms with E-state index in [2.05, 4.69) is 478 Å². The molecule has 2 heterocycles. The second-order valence-corrected chi connectivity index (χ2v) is 30.5. The van der Waals surface area contributed by atoms with Crippen LogP contribution < -0.4 is 10.2 Å². The van der Waals surface area contributed by atoms with Crippen molar-refractivity contribution in [2.24, 2.45) is 0 Å². The van der Waals surface area contributed by atoms with Crippen molar-refractivity contribution in [2.45, 2.75) is 0 Å². The van der Waals surface area contributed by atoms with Gasteiger partial charge in [0, 0.05) is 65.8 Å². The molecule has 0 aliphatic heterocycles. The lowest BCUT2D eigenvalue weighted by molar-refractivity contribution is 1.18. The lowest BCUT2D eigenvalue weighted by Crippen LogP contribution is -2.10. The number of halogens is 1. The van der Waals surface area contributed by atoms with E-state index in [0.717, 1.165) is 38.6 Å². The Morgan fingerprint density at radius 1 is 0.179 bits per heavy atom. The van der Waals surface area contributed by atoms with Gasteiger partial charge in [0.05, 0.1) is 22.1 Å². The van der Waals surface area contributed by atoms with Gasteiger partial charge in [-0.15, -0.1) is 0 Å². The molecule has 22 rings (SSSR count). The number of rotatable bonds is 13. The summed E-state index contributed by atoms with van der Waals surface area (Å²) in [6.45, 7) is 0. The number of aromatic nitrogens is 2. The quantitative estimate of drug-likeness (QED) is 0.116. The summed E-state index contributed by atoms with van der Waals surface area (Å²) in [5, 5.41) is 18.6. The molecular weight excluding hydrogens is 1480 g/mol. The van der Waals surface area contributed by atoms with Crippen molar-refractivity contribution in [2.75, 3.05) is 10.2 Å². The molecule has 1 N–H and O–H groups in total. The zero-order valence-corrected chi connectivity index (χ0v) is 65.7. The van der Waals surface area contributed by atoms with Crippen molar-refractivity contribution >= 4 is 131 Å². The first kappa shape index (κ1) is 71.2. The van der Waals surface area contributed by atoms with E-state index in [1.54, 1.807) is 0 Å². The Morgan fingerprint density at radius 3 is 0.812 bits per heavy atom. The van der Waals surface area contributed by atoms with E-state index in [1.165, 1.54) is 159 Å². The summed E-state index contributed by atoms with van der Waals surface area (Å²) in [5.41, 5.74) is 27.5. The Balaban J connectivity index is 0.000000125. The van der Waals surface area contributed by atoms with E-state index in [1.807, 2.05) is 18.2 Å². The summed E-state index contributed by atoms with van der Waals surface area (Å²) < 4.78 is 5.82. The number of nitrogens with zero attached hydrogens (tertiary/aromatic N) is 3. The third-order valence-electron chi connectivity index (χ3n) is 22.7. The van der Waals surface area contributed by atoms with Crippen LogP contribution in [0.2, 0.25) is 0 Å². The fourth-order valence-corrected chi connectivity index (χ4v) is 17.7. The first-order chi connectivity index (χ1) is 58.0. The summed E-state index contributed by atoms with van der Waals surface area (Å²) in [4.78, 5) is 2.38. The van der Waals surface area contributed by atoms with Gasteiger partial charge in [0.2, 0.25) is 0 Å². The van der Waals surface area contributed by atoms with Crippen molar-refractivity contribution < 1.29 is 0 Å². The van der Waals surface area contributed by atoms with Crippen LogP contribution in [-0.2, 0) is 0 Å². The van der Waals surface area contributed by atoms with E-state index in [9.17, 15) is 0 Å². The maximum Gasteiger partial charge on any atom is 0.0541 e. The van der Waals surface area contributed by atoms with Gasteiger partial charge in [0.25, 0.3) is 0 Å². The standard InChI is InChI=1S/C56H38N2.C30H22N2.C26H17Br/c1-4-16-41(17-5-1)55-49-24-10-11-25-50(49)56(42-18-6-2-7-19-42)52-38-46(36-37-51(52)55)57(43-20-8-3-9-21-43)44-32-28-39(29-33-44)40-30-34-45(35-31-40)58-53-26-14-12-22-47(53)48-23-13-15-27-54(48)58;1-2-8-24(9-3-1)31-25-18-14-22(15-19-25)23-16-20-26(21-17-23)32-29-12-6-4-10-27(29)28-11-5-7-13-30(28)32;27-20-15-16-23-24(17-20)26(19-11-5-2-6-12-19)22-14-8-7-13-21(22)25(23)18-9-3-1-4-10-18/h1-38H;1-21,31H;1-17H. The zero-order valence-electron chi connectivity index (χ0n) is 64.1. The first-order valence-electron chi connectivity index (χ1n) is 39.9. The van der Waals surface area contributed by atoms with Crippen LogP contribution in [0.1, 0.15) is 0 Å². The van der Waals surface area contributed by atoms with Gasteiger partial charge in [0.15, 0.2) is 0 Å². The van der Waals surface area contributed by atoms with Crippen molar-refractivity contribution in [1.29, 1.82) is 0 Å². The summed E-state index contributed by atoms with van der Waals surface area (Å²) in [6, 6.07) is 165. The number of nitrogens with one attached hydrogen (secondary N) is 1. The molecule has 0 aliphatic rings. The Hall–Kier alpha value is -14.9. The average Bonchev–Trinajstić information content (AvgIpc) is 1.69. The zero-order chi connectivity index (χ0) is 78.0. The Labute approximate surface area is 689 Å². The van der Waals surface area contributed by atoms with E-state index in [4.69, 9.17) is 0 Å². The fourth-order valence-electron chi connectivity index (χ4n) is 17.4. The molecule has 0 amide bonds. The predicted molar refractivity (Wildman–Crippen MR) is 503 cm³/mol. The molecule has 0 atom stereocenters. The summed E-state index contributed by atoms with van der Waals surface area (Å²) in [5.74, 6) is 0. The minimum Gasteiger partial charge on any atom is -0.356 e. The maximum absolute atomic E-state index is 3.68. The average molecular weight is 1560 g/mol. The van der Waals surface area contributed by atoms with Crippen LogP contribution in [0.15, 0.2) is 466 Å². The number of anilines is 5. The molecule has 0 spiro atoms. The van der Waals surface area contributed by atoms with Gasteiger partial charge in [-0.2, -0.15) is 0 Å². The number of hydrogen-bond donors (Lipinski definition) is 1. The molecule has 5 heteroatoms. The second-order valence-electron chi connectivity index (χ2n) is 29.6. The van der Waals surface area contributed by atoms with Crippen LogP contribution >= 0.6 is 15.9 Å². The van der Waals surface area contributed by atoms with E-state index >= 15 is 0 Å². The second kappa shape index (κ2) is 31.6. The summed E-state index contributed by atoms with van der Waals surface area (Å²) in [7, 11) is 0. The molecule has 22 aromatic rings. The number of benzene rings is 20. The minimum absolute atomic E-state index is 1.09. The topological polar surface area (TPSA) is 25.1 Å². The summed E-state index contributed by atoms with van der Waals surface area (Å²) >= 11 is 3.68. The molecule has 0 radical (unpaired) electrons. The lowest BCUT2D eigenvalue weighted by atomic mass is 9.85. The van der Waals surface area contributed by atoms with Gasteiger partial charge in [-0.1, -0.05) is 356 Å². The van der Waals surface area contributed by atoms with Gasteiger partial charge in [-0.25, -0.2) is 0 Å². The Bertz CT molecular complexity index is 7230. The van der Waals surface area contributed by atoms with Crippen molar-refractivity contribution in [3.05, 3.63) is 466 Å². The van der Waals surface area contributed by atoms with Gasteiger partial charge in [-0.05, 0) is 231 Å².